The van der Waals surface area contributed by atoms with Gasteiger partial charge in [-0.3, -0.25) is 4.79 Å². The van der Waals surface area contributed by atoms with Gasteiger partial charge in [0.15, 0.2) is 6.61 Å². The molecular weight excluding hydrogens is 402 g/mol. The largest absolute Gasteiger partial charge is 0.454 e. The van der Waals surface area contributed by atoms with Crippen LogP contribution in [-0.4, -0.2) is 28.5 Å². The first-order valence-corrected chi connectivity index (χ1v) is 9.50. The molecule has 3 aromatic rings. The van der Waals surface area contributed by atoms with E-state index in [2.05, 4.69) is 10.1 Å². The van der Waals surface area contributed by atoms with Gasteiger partial charge in [-0.25, -0.2) is 18.6 Å². The van der Waals surface area contributed by atoms with Crippen LogP contribution in [0.2, 0.25) is 0 Å². The van der Waals surface area contributed by atoms with Crippen LogP contribution in [0.5, 0.6) is 0 Å². The summed E-state index contributed by atoms with van der Waals surface area (Å²) in [5, 5.41) is 4.29. The second-order valence-electron chi connectivity index (χ2n) is 6.07. The summed E-state index contributed by atoms with van der Waals surface area (Å²) in [4.78, 5) is 28.7. The van der Waals surface area contributed by atoms with E-state index in [9.17, 15) is 18.4 Å². The minimum atomic E-state index is -0.885. The third-order valence-corrected chi connectivity index (χ3v) is 5.12. The first-order chi connectivity index (χ1) is 13.9. The average Bonchev–Trinajstić information content (AvgIpc) is 3.03. The first-order valence-electron chi connectivity index (χ1n) is 8.51. The number of ketones is 1. The number of nitrogens with zero attached hydrogens (tertiary/aromatic N) is 2. The monoisotopic (exact) mass is 418 g/mol. The van der Waals surface area contributed by atoms with Gasteiger partial charge in [0.1, 0.15) is 22.4 Å². The fourth-order valence-electron chi connectivity index (χ4n) is 2.51. The molecule has 0 bridgehead atoms. The number of thioether (sulfide) groups is 1. The van der Waals surface area contributed by atoms with Crippen molar-refractivity contribution >= 4 is 23.5 Å². The normalized spacial score (nSPS) is 10.8. The Bertz CT molecular complexity index is 1050. The maximum absolute atomic E-state index is 13.7. The summed E-state index contributed by atoms with van der Waals surface area (Å²) in [5.74, 6) is -2.12. The number of aryl methyl sites for hydroxylation is 2. The molecule has 2 aromatic heterocycles. The molecule has 29 heavy (non-hydrogen) atoms. The molecule has 0 amide bonds. The Kier molecular flexibility index (Phi) is 6.38. The number of hydrogen-bond acceptors (Lipinski definition) is 7. The number of hydrogen-bond donors (Lipinski definition) is 0. The van der Waals surface area contributed by atoms with E-state index < -0.39 is 35.6 Å². The molecule has 0 atom stereocenters. The zero-order valence-corrected chi connectivity index (χ0v) is 16.4. The summed E-state index contributed by atoms with van der Waals surface area (Å²) < 4.78 is 37.0. The quantitative estimate of drug-likeness (QED) is 0.321. The van der Waals surface area contributed by atoms with Crippen LogP contribution < -0.4 is 0 Å². The predicted molar refractivity (Wildman–Crippen MR) is 101 cm³/mol. The number of pyridine rings is 1. The second-order valence-corrected chi connectivity index (χ2v) is 7.04. The van der Waals surface area contributed by atoms with E-state index in [1.54, 1.807) is 13.0 Å². The second kappa shape index (κ2) is 8.95. The van der Waals surface area contributed by atoms with E-state index in [1.165, 1.54) is 24.0 Å². The summed E-state index contributed by atoms with van der Waals surface area (Å²) in [6.45, 7) is 2.89. The van der Waals surface area contributed by atoms with Gasteiger partial charge in [0.25, 0.3) is 0 Å². The SMILES string of the molecule is Cc1noc(C)c1CSc1ncccc1C(=O)OCC(=O)c1cc(F)ccc1F. The number of ether oxygens (including phenoxy) is 1. The van der Waals surface area contributed by atoms with E-state index in [4.69, 9.17) is 9.26 Å². The lowest BCUT2D eigenvalue weighted by Gasteiger charge is -2.09. The van der Waals surface area contributed by atoms with Gasteiger partial charge >= 0.3 is 5.97 Å². The smallest absolute Gasteiger partial charge is 0.341 e. The van der Waals surface area contributed by atoms with Crippen LogP contribution >= 0.6 is 11.8 Å². The number of aromatic nitrogens is 2. The van der Waals surface area contributed by atoms with Gasteiger partial charge in [0, 0.05) is 17.5 Å². The molecule has 0 saturated heterocycles. The van der Waals surface area contributed by atoms with Crippen molar-refractivity contribution in [3.8, 4) is 0 Å². The Morgan fingerprint density at radius 2 is 1.97 bits per heavy atom. The predicted octanol–water partition coefficient (Wildman–Crippen LogP) is 4.30. The number of Topliss-reactive ketones (excluding diaryl/α,β-unsaturated/α-hetero) is 1. The zero-order valence-electron chi connectivity index (χ0n) is 15.6. The third-order valence-electron chi connectivity index (χ3n) is 4.09. The lowest BCUT2D eigenvalue weighted by atomic mass is 10.1. The molecular formula is C20H16F2N2O4S. The number of halogens is 2. The summed E-state index contributed by atoms with van der Waals surface area (Å²) >= 11 is 1.29. The number of carbonyl (C=O) groups excluding carboxylic acids is 2. The Hall–Kier alpha value is -3.07. The van der Waals surface area contributed by atoms with Crippen LogP contribution in [0.1, 0.15) is 37.7 Å². The van der Waals surface area contributed by atoms with Crippen LogP contribution in [0.25, 0.3) is 0 Å². The number of esters is 1. The standard InChI is InChI=1S/C20H16F2N2O4S/c1-11-16(12(2)28-24-11)10-29-19-14(4-3-7-23-19)20(26)27-9-18(25)15-8-13(21)5-6-17(15)22/h3-8H,9-10H2,1-2H3. The molecule has 0 aliphatic carbocycles. The maximum Gasteiger partial charge on any atom is 0.341 e. The van der Waals surface area contributed by atoms with E-state index in [-0.39, 0.29) is 5.56 Å². The van der Waals surface area contributed by atoms with E-state index in [0.29, 0.717) is 16.5 Å². The van der Waals surface area contributed by atoms with Crippen molar-refractivity contribution in [1.29, 1.82) is 0 Å². The fourth-order valence-corrected chi connectivity index (χ4v) is 3.64. The van der Waals surface area contributed by atoms with Gasteiger partial charge in [-0.15, -0.1) is 11.8 Å². The lowest BCUT2D eigenvalue weighted by Crippen LogP contribution is -2.16. The number of rotatable bonds is 7. The third kappa shape index (κ3) is 4.86. The Morgan fingerprint density at radius 1 is 1.17 bits per heavy atom. The molecule has 150 valence electrons. The van der Waals surface area contributed by atoms with Crippen molar-refractivity contribution in [2.45, 2.75) is 24.6 Å². The highest BCUT2D eigenvalue weighted by Gasteiger charge is 2.19. The molecule has 0 N–H and O–H groups in total. The zero-order chi connectivity index (χ0) is 21.0. The van der Waals surface area contributed by atoms with Crippen LogP contribution in [0, 0.1) is 25.5 Å². The molecule has 0 unspecified atom stereocenters. The molecule has 6 nitrogen and oxygen atoms in total. The van der Waals surface area contributed by atoms with Gasteiger partial charge in [-0.05, 0) is 44.2 Å². The van der Waals surface area contributed by atoms with Crippen molar-refractivity contribution in [2.24, 2.45) is 0 Å². The molecule has 0 spiro atoms. The molecule has 9 heteroatoms. The van der Waals surface area contributed by atoms with E-state index >= 15 is 0 Å². The Labute approximate surface area is 169 Å². The van der Waals surface area contributed by atoms with Gasteiger partial charge in [-0.2, -0.15) is 0 Å². The van der Waals surface area contributed by atoms with Gasteiger partial charge in [-0.1, -0.05) is 5.16 Å². The minimum Gasteiger partial charge on any atom is -0.454 e. The van der Waals surface area contributed by atoms with Crippen LogP contribution in [0.4, 0.5) is 8.78 Å². The van der Waals surface area contributed by atoms with Gasteiger partial charge in [0.2, 0.25) is 5.78 Å². The maximum atomic E-state index is 13.7. The molecule has 2 heterocycles. The molecule has 0 aliphatic rings. The van der Waals surface area contributed by atoms with Crippen LogP contribution in [0.3, 0.4) is 0 Å². The summed E-state index contributed by atoms with van der Waals surface area (Å²) in [5.41, 5.74) is 1.34. The highest BCUT2D eigenvalue weighted by Crippen LogP contribution is 2.27. The van der Waals surface area contributed by atoms with Crippen molar-refractivity contribution in [1.82, 2.24) is 10.1 Å². The average molecular weight is 418 g/mol. The van der Waals surface area contributed by atoms with Crippen LogP contribution in [0.15, 0.2) is 46.1 Å². The number of benzene rings is 1. The highest BCUT2D eigenvalue weighted by molar-refractivity contribution is 7.98. The first kappa shape index (κ1) is 20.7. The molecule has 0 radical (unpaired) electrons. The van der Waals surface area contributed by atoms with Crippen molar-refractivity contribution in [3.63, 3.8) is 0 Å². The van der Waals surface area contributed by atoms with Crippen molar-refractivity contribution < 1.29 is 27.6 Å². The molecule has 1 aromatic carbocycles. The molecule has 0 saturated carbocycles. The van der Waals surface area contributed by atoms with Gasteiger partial charge < -0.3 is 9.26 Å². The fraction of sp³-hybridized carbons (Fsp3) is 0.200. The van der Waals surface area contributed by atoms with Gasteiger partial charge in [0.05, 0.1) is 16.8 Å². The Balaban J connectivity index is 1.68. The minimum absolute atomic E-state index is 0.164. The van der Waals surface area contributed by atoms with Crippen LogP contribution in [-0.2, 0) is 10.5 Å². The van der Waals surface area contributed by atoms with E-state index in [1.807, 2.05) is 6.92 Å². The summed E-state index contributed by atoms with van der Waals surface area (Å²) in [7, 11) is 0. The van der Waals surface area contributed by atoms with Crippen molar-refractivity contribution in [3.05, 3.63) is 76.3 Å². The molecule has 0 fully saturated rings. The highest BCUT2D eigenvalue weighted by atomic mass is 32.2. The number of carbonyl (C=O) groups is 2. The summed E-state index contributed by atoms with van der Waals surface area (Å²) in [6, 6.07) is 5.58. The lowest BCUT2D eigenvalue weighted by molar-refractivity contribution is 0.0469. The topological polar surface area (TPSA) is 82.3 Å². The summed E-state index contributed by atoms with van der Waals surface area (Å²) in [6.07, 6.45) is 1.53. The van der Waals surface area contributed by atoms with Crippen molar-refractivity contribution in [2.75, 3.05) is 6.61 Å². The molecule has 0 aliphatic heterocycles. The van der Waals surface area contributed by atoms with E-state index in [0.717, 1.165) is 29.5 Å². The Morgan fingerprint density at radius 3 is 2.69 bits per heavy atom. The molecule has 3 rings (SSSR count).